The van der Waals surface area contributed by atoms with Crippen LogP contribution in [0.4, 0.5) is 4.79 Å². The van der Waals surface area contributed by atoms with Gasteiger partial charge in [0.2, 0.25) is 0 Å². The molecule has 1 amide bonds. The molecule has 1 rings (SSSR count). The first-order chi connectivity index (χ1) is 5.65. The molecule has 0 aromatic carbocycles. The third-order valence-electron chi connectivity index (χ3n) is 2.17. The van der Waals surface area contributed by atoms with Crippen LogP contribution in [0.5, 0.6) is 0 Å². The number of carbonyl (C=O) groups is 1. The average molecular weight is 174 g/mol. The number of nitrogens with zero attached hydrogens (tertiary/aromatic N) is 1. The van der Waals surface area contributed by atoms with Gasteiger partial charge in [-0.1, -0.05) is 0 Å². The SMILES string of the molecule is CO[C@H]1CCN(C(=O)O)C[C@H]1N. The number of hydrogen-bond donors (Lipinski definition) is 2. The Labute approximate surface area is 71.1 Å². The van der Waals surface area contributed by atoms with Crippen LogP contribution in [-0.4, -0.2) is 48.4 Å². The molecule has 0 aromatic heterocycles. The molecule has 5 heteroatoms. The monoisotopic (exact) mass is 174 g/mol. The van der Waals surface area contributed by atoms with Gasteiger partial charge in [-0.3, -0.25) is 0 Å². The number of likely N-dealkylation sites (tertiary alicyclic amines) is 1. The lowest BCUT2D eigenvalue weighted by atomic mass is 10.0. The Hall–Kier alpha value is -0.810. The van der Waals surface area contributed by atoms with Crippen LogP contribution in [0.2, 0.25) is 0 Å². The normalized spacial score (nSPS) is 30.3. The molecule has 0 radical (unpaired) electrons. The summed E-state index contributed by atoms with van der Waals surface area (Å²) < 4.78 is 5.09. The minimum absolute atomic E-state index is 0.000556. The maximum atomic E-state index is 10.5. The molecule has 0 spiro atoms. The van der Waals surface area contributed by atoms with Crippen LogP contribution in [0.25, 0.3) is 0 Å². The van der Waals surface area contributed by atoms with E-state index in [9.17, 15) is 4.79 Å². The summed E-state index contributed by atoms with van der Waals surface area (Å²) in [4.78, 5) is 11.8. The molecule has 1 heterocycles. The molecule has 0 aromatic rings. The zero-order valence-electron chi connectivity index (χ0n) is 7.06. The highest BCUT2D eigenvalue weighted by molar-refractivity contribution is 5.65. The molecule has 3 N–H and O–H groups in total. The summed E-state index contributed by atoms with van der Waals surface area (Å²) in [6.07, 6.45) is -0.218. The summed E-state index contributed by atoms with van der Waals surface area (Å²) in [5, 5.41) is 8.64. The minimum atomic E-state index is -0.903. The lowest BCUT2D eigenvalue weighted by Crippen LogP contribution is -2.53. The number of rotatable bonds is 1. The lowest BCUT2D eigenvalue weighted by Gasteiger charge is -2.34. The first-order valence-electron chi connectivity index (χ1n) is 3.91. The van der Waals surface area contributed by atoms with Gasteiger partial charge in [-0.25, -0.2) is 4.79 Å². The quantitative estimate of drug-likeness (QED) is 0.573. The summed E-state index contributed by atoms with van der Waals surface area (Å²) in [5.41, 5.74) is 5.69. The van der Waals surface area contributed by atoms with Crippen molar-refractivity contribution in [1.82, 2.24) is 4.90 Å². The van der Waals surface area contributed by atoms with E-state index in [1.807, 2.05) is 0 Å². The van der Waals surface area contributed by atoms with Crippen molar-refractivity contribution in [2.45, 2.75) is 18.6 Å². The van der Waals surface area contributed by atoms with Crippen LogP contribution < -0.4 is 5.73 Å². The first-order valence-corrected chi connectivity index (χ1v) is 3.91. The molecule has 0 saturated carbocycles. The maximum absolute atomic E-state index is 10.5. The van der Waals surface area contributed by atoms with E-state index in [0.29, 0.717) is 19.5 Å². The highest BCUT2D eigenvalue weighted by Gasteiger charge is 2.28. The topological polar surface area (TPSA) is 75.8 Å². The number of hydrogen-bond acceptors (Lipinski definition) is 3. The van der Waals surface area contributed by atoms with Gasteiger partial charge in [-0.2, -0.15) is 0 Å². The van der Waals surface area contributed by atoms with E-state index >= 15 is 0 Å². The smallest absolute Gasteiger partial charge is 0.407 e. The minimum Gasteiger partial charge on any atom is -0.465 e. The van der Waals surface area contributed by atoms with Crippen LogP contribution >= 0.6 is 0 Å². The van der Waals surface area contributed by atoms with Crippen molar-refractivity contribution in [2.75, 3.05) is 20.2 Å². The van der Waals surface area contributed by atoms with Crippen molar-refractivity contribution in [3.63, 3.8) is 0 Å². The van der Waals surface area contributed by atoms with Crippen LogP contribution in [0.3, 0.4) is 0 Å². The summed E-state index contributed by atoms with van der Waals surface area (Å²) >= 11 is 0. The summed E-state index contributed by atoms with van der Waals surface area (Å²) in [5.74, 6) is 0. The molecule has 0 bridgehead atoms. The Balaban J connectivity index is 2.46. The van der Waals surface area contributed by atoms with Crippen molar-refractivity contribution >= 4 is 6.09 Å². The molecule has 0 aliphatic carbocycles. The summed E-state index contributed by atoms with van der Waals surface area (Å²) in [6.45, 7) is 0.884. The van der Waals surface area contributed by atoms with Gasteiger partial charge in [-0.05, 0) is 6.42 Å². The standard InChI is InChI=1S/C7H14N2O3/c1-12-6-2-3-9(7(10)11)4-5(6)8/h5-6H,2-4,8H2,1H3,(H,10,11)/t5-,6+/m1/s1. The van der Waals surface area contributed by atoms with Gasteiger partial charge in [0.25, 0.3) is 0 Å². The number of methoxy groups -OCH3 is 1. The fourth-order valence-corrected chi connectivity index (χ4v) is 1.43. The van der Waals surface area contributed by atoms with Gasteiger partial charge in [-0.15, -0.1) is 0 Å². The average Bonchev–Trinajstić information content (AvgIpc) is 2.04. The van der Waals surface area contributed by atoms with Crippen LogP contribution in [-0.2, 0) is 4.74 Å². The largest absolute Gasteiger partial charge is 0.465 e. The van der Waals surface area contributed by atoms with Crippen molar-refractivity contribution in [3.05, 3.63) is 0 Å². The van der Waals surface area contributed by atoms with Gasteiger partial charge >= 0.3 is 6.09 Å². The van der Waals surface area contributed by atoms with Gasteiger partial charge in [0.05, 0.1) is 6.10 Å². The molecule has 1 saturated heterocycles. The van der Waals surface area contributed by atoms with E-state index in [2.05, 4.69) is 0 Å². The number of nitrogens with two attached hydrogens (primary N) is 1. The van der Waals surface area contributed by atoms with Gasteiger partial charge < -0.3 is 20.5 Å². The Bertz CT molecular complexity index is 174. The maximum Gasteiger partial charge on any atom is 0.407 e. The zero-order valence-corrected chi connectivity index (χ0v) is 7.06. The van der Waals surface area contributed by atoms with E-state index in [-0.39, 0.29) is 12.1 Å². The van der Waals surface area contributed by atoms with E-state index < -0.39 is 6.09 Å². The second kappa shape index (κ2) is 3.73. The molecule has 0 unspecified atom stereocenters. The molecule has 5 nitrogen and oxygen atoms in total. The number of ether oxygens (including phenoxy) is 1. The fraction of sp³-hybridized carbons (Fsp3) is 0.857. The number of carboxylic acid groups (broad SMARTS) is 1. The predicted octanol–water partition coefficient (Wildman–Crippen LogP) is -0.288. The third kappa shape index (κ3) is 1.86. The van der Waals surface area contributed by atoms with Gasteiger partial charge in [0.1, 0.15) is 0 Å². The summed E-state index contributed by atoms with van der Waals surface area (Å²) in [7, 11) is 1.60. The highest BCUT2D eigenvalue weighted by atomic mass is 16.5. The third-order valence-corrected chi connectivity index (χ3v) is 2.17. The van der Waals surface area contributed by atoms with Crippen molar-refractivity contribution in [2.24, 2.45) is 5.73 Å². The molecular formula is C7H14N2O3. The molecule has 1 aliphatic heterocycles. The zero-order chi connectivity index (χ0) is 9.14. The van der Waals surface area contributed by atoms with Crippen LogP contribution in [0.15, 0.2) is 0 Å². The summed E-state index contributed by atoms with van der Waals surface area (Å²) in [6, 6.07) is -0.195. The Kier molecular flexibility index (Phi) is 2.88. The molecule has 70 valence electrons. The van der Waals surface area contributed by atoms with Crippen molar-refractivity contribution < 1.29 is 14.6 Å². The molecule has 1 fully saturated rings. The van der Waals surface area contributed by atoms with Crippen LogP contribution in [0.1, 0.15) is 6.42 Å². The van der Waals surface area contributed by atoms with Gasteiger partial charge in [0.15, 0.2) is 0 Å². The highest BCUT2D eigenvalue weighted by Crippen LogP contribution is 2.11. The van der Waals surface area contributed by atoms with Crippen molar-refractivity contribution in [1.29, 1.82) is 0 Å². The lowest BCUT2D eigenvalue weighted by molar-refractivity contribution is 0.0267. The first kappa shape index (κ1) is 9.28. The number of amides is 1. The Morgan fingerprint density at radius 1 is 1.75 bits per heavy atom. The number of piperidine rings is 1. The Morgan fingerprint density at radius 3 is 2.83 bits per heavy atom. The predicted molar refractivity (Wildman–Crippen MR) is 43.0 cm³/mol. The van der Waals surface area contributed by atoms with Crippen molar-refractivity contribution in [3.8, 4) is 0 Å². The van der Waals surface area contributed by atoms with E-state index in [1.165, 1.54) is 4.90 Å². The fourth-order valence-electron chi connectivity index (χ4n) is 1.43. The molecule has 1 aliphatic rings. The van der Waals surface area contributed by atoms with Gasteiger partial charge in [0, 0.05) is 26.2 Å². The molecule has 2 atom stereocenters. The Morgan fingerprint density at radius 2 is 2.42 bits per heavy atom. The van der Waals surface area contributed by atoms with E-state index in [0.717, 1.165) is 0 Å². The molecular weight excluding hydrogens is 160 g/mol. The van der Waals surface area contributed by atoms with E-state index in [4.69, 9.17) is 15.6 Å². The van der Waals surface area contributed by atoms with E-state index in [1.54, 1.807) is 7.11 Å². The van der Waals surface area contributed by atoms with Crippen LogP contribution in [0, 0.1) is 0 Å². The second-order valence-corrected chi connectivity index (χ2v) is 2.96. The molecule has 12 heavy (non-hydrogen) atoms. The second-order valence-electron chi connectivity index (χ2n) is 2.96.